The van der Waals surface area contributed by atoms with Crippen LogP contribution >= 0.6 is 0 Å². The molecule has 2 fully saturated rings. The Morgan fingerprint density at radius 1 is 1.25 bits per heavy atom. The number of amides is 2. The fourth-order valence-electron chi connectivity index (χ4n) is 2.36. The first-order valence-corrected chi connectivity index (χ1v) is 5.89. The van der Waals surface area contributed by atoms with Gasteiger partial charge < -0.3 is 0 Å². The maximum atomic E-state index is 10.9. The number of nitrogens with zero attached hydrogens (tertiary/aromatic N) is 1. The molecule has 1 aliphatic heterocycles. The van der Waals surface area contributed by atoms with E-state index in [9.17, 15) is 9.59 Å². The van der Waals surface area contributed by atoms with E-state index < -0.39 is 11.8 Å². The molecule has 0 spiro atoms. The average molecular weight is 223 g/mol. The van der Waals surface area contributed by atoms with Gasteiger partial charge >= 0.3 is 11.8 Å². The lowest BCUT2D eigenvalue weighted by Crippen LogP contribution is -2.29. The zero-order valence-corrected chi connectivity index (χ0v) is 9.45. The Kier molecular flexibility index (Phi) is 3.22. The lowest BCUT2D eigenvalue weighted by Gasteiger charge is -2.25. The molecule has 2 amide bonds. The summed E-state index contributed by atoms with van der Waals surface area (Å²) in [5, 5.41) is 4.87. The quantitative estimate of drug-likeness (QED) is 0.671. The minimum atomic E-state index is -0.610. The number of nitrogens with one attached hydrogen (secondary N) is 2. The van der Waals surface area contributed by atoms with Crippen molar-refractivity contribution in [3.05, 3.63) is 0 Å². The van der Waals surface area contributed by atoms with Gasteiger partial charge in [-0.1, -0.05) is 26.2 Å². The van der Waals surface area contributed by atoms with Gasteiger partial charge in [-0.25, -0.2) is 4.99 Å². The van der Waals surface area contributed by atoms with E-state index in [0.29, 0.717) is 5.96 Å². The van der Waals surface area contributed by atoms with Crippen LogP contribution < -0.4 is 10.6 Å². The zero-order chi connectivity index (χ0) is 11.5. The largest absolute Gasteiger partial charge is 0.316 e. The summed E-state index contributed by atoms with van der Waals surface area (Å²) in [6.07, 6.45) is 5.75. The van der Waals surface area contributed by atoms with Crippen LogP contribution in [0, 0.1) is 5.92 Å². The van der Waals surface area contributed by atoms with E-state index >= 15 is 0 Å². The standard InChI is InChI=1S/C11H17N3O2/c1-2-7-4-3-5-8(6-7)12-11-13-9(15)10(16)14-11/h7-8H,2-6H2,1H3,(H2,12,13,14,15,16). The van der Waals surface area contributed by atoms with E-state index in [2.05, 4.69) is 22.5 Å². The lowest BCUT2D eigenvalue weighted by molar-refractivity contribution is -0.135. The second-order valence-electron chi connectivity index (χ2n) is 4.48. The molecule has 2 atom stereocenters. The second kappa shape index (κ2) is 4.63. The maximum absolute atomic E-state index is 10.9. The number of carbonyl (C=O) groups excluding carboxylic acids is 2. The third kappa shape index (κ3) is 2.40. The molecule has 2 unspecified atom stereocenters. The maximum Gasteiger partial charge on any atom is 0.316 e. The van der Waals surface area contributed by atoms with Crippen molar-refractivity contribution in [1.29, 1.82) is 0 Å². The first-order valence-electron chi connectivity index (χ1n) is 5.89. The van der Waals surface area contributed by atoms with Crippen molar-refractivity contribution < 1.29 is 9.59 Å². The van der Waals surface area contributed by atoms with Gasteiger partial charge in [-0.3, -0.25) is 20.2 Å². The van der Waals surface area contributed by atoms with Crippen molar-refractivity contribution in [1.82, 2.24) is 10.6 Å². The molecular weight excluding hydrogens is 206 g/mol. The summed E-state index contributed by atoms with van der Waals surface area (Å²) in [6, 6.07) is 0.243. The first kappa shape index (κ1) is 11.1. The molecule has 0 aromatic carbocycles. The van der Waals surface area contributed by atoms with Crippen molar-refractivity contribution in [2.75, 3.05) is 0 Å². The number of rotatable bonds is 2. The van der Waals surface area contributed by atoms with Crippen LogP contribution in [-0.2, 0) is 9.59 Å². The second-order valence-corrected chi connectivity index (χ2v) is 4.48. The molecule has 0 aromatic heterocycles. The van der Waals surface area contributed by atoms with Crippen molar-refractivity contribution in [3.8, 4) is 0 Å². The first-order chi connectivity index (χ1) is 7.69. The van der Waals surface area contributed by atoms with Gasteiger partial charge in [0.1, 0.15) is 0 Å². The van der Waals surface area contributed by atoms with Crippen molar-refractivity contribution in [3.63, 3.8) is 0 Å². The van der Waals surface area contributed by atoms with Crippen LogP contribution in [-0.4, -0.2) is 23.8 Å². The molecule has 5 nitrogen and oxygen atoms in total. The Morgan fingerprint density at radius 3 is 2.56 bits per heavy atom. The van der Waals surface area contributed by atoms with Crippen molar-refractivity contribution in [2.45, 2.75) is 45.1 Å². The third-order valence-corrected chi connectivity index (χ3v) is 3.31. The van der Waals surface area contributed by atoms with Gasteiger partial charge in [-0.2, -0.15) is 0 Å². The zero-order valence-electron chi connectivity index (χ0n) is 9.45. The number of carbonyl (C=O) groups is 2. The predicted molar refractivity (Wildman–Crippen MR) is 59.8 cm³/mol. The Balaban J connectivity index is 1.96. The van der Waals surface area contributed by atoms with Crippen LogP contribution in [0.1, 0.15) is 39.0 Å². The molecule has 2 N–H and O–H groups in total. The number of aliphatic imine (C=N–C) groups is 1. The molecule has 1 aliphatic carbocycles. The topological polar surface area (TPSA) is 70.6 Å². The number of hydrogen-bond donors (Lipinski definition) is 2. The third-order valence-electron chi connectivity index (χ3n) is 3.31. The summed E-state index contributed by atoms with van der Waals surface area (Å²) in [6.45, 7) is 2.19. The minimum Gasteiger partial charge on any atom is -0.288 e. The number of hydrogen-bond acceptors (Lipinski definition) is 3. The SMILES string of the molecule is CCC1CCCC(N=C2NC(=O)C(=O)N2)C1. The van der Waals surface area contributed by atoms with E-state index in [-0.39, 0.29) is 6.04 Å². The van der Waals surface area contributed by atoms with Crippen molar-refractivity contribution in [2.24, 2.45) is 10.9 Å². The molecule has 0 aromatic rings. The van der Waals surface area contributed by atoms with Crippen LogP contribution in [0.5, 0.6) is 0 Å². The van der Waals surface area contributed by atoms with E-state index in [4.69, 9.17) is 0 Å². The molecule has 88 valence electrons. The van der Waals surface area contributed by atoms with Crippen LogP contribution in [0.3, 0.4) is 0 Å². The summed E-state index contributed by atoms with van der Waals surface area (Å²) in [7, 11) is 0. The fourth-order valence-corrected chi connectivity index (χ4v) is 2.36. The smallest absolute Gasteiger partial charge is 0.288 e. The van der Waals surface area contributed by atoms with Gasteiger partial charge in [-0.05, 0) is 18.8 Å². The molecule has 16 heavy (non-hydrogen) atoms. The lowest BCUT2D eigenvalue weighted by atomic mass is 9.84. The van der Waals surface area contributed by atoms with Gasteiger partial charge in [0.2, 0.25) is 5.96 Å². The highest BCUT2D eigenvalue weighted by Crippen LogP contribution is 2.28. The monoisotopic (exact) mass is 223 g/mol. The summed E-state index contributed by atoms with van der Waals surface area (Å²) in [4.78, 5) is 26.3. The fraction of sp³-hybridized carbons (Fsp3) is 0.727. The minimum absolute atomic E-state index is 0.243. The normalized spacial score (nSPS) is 29.9. The van der Waals surface area contributed by atoms with E-state index in [1.807, 2.05) is 0 Å². The number of guanidine groups is 1. The summed E-state index contributed by atoms with van der Waals surface area (Å²) in [5.41, 5.74) is 0. The summed E-state index contributed by atoms with van der Waals surface area (Å²) < 4.78 is 0. The molecule has 2 aliphatic rings. The predicted octanol–water partition coefficient (Wildman–Crippen LogP) is 0.557. The summed E-state index contributed by atoms with van der Waals surface area (Å²) in [5.74, 6) is -0.157. The highest BCUT2D eigenvalue weighted by molar-refractivity contribution is 6.45. The Bertz CT molecular complexity index is 320. The Hall–Kier alpha value is -1.39. The van der Waals surface area contributed by atoms with E-state index in [1.54, 1.807) is 0 Å². The Labute approximate surface area is 94.7 Å². The highest BCUT2D eigenvalue weighted by Gasteiger charge is 2.27. The molecule has 0 bridgehead atoms. The van der Waals surface area contributed by atoms with Gasteiger partial charge in [-0.15, -0.1) is 0 Å². The Morgan fingerprint density at radius 2 is 1.94 bits per heavy atom. The van der Waals surface area contributed by atoms with Crippen LogP contribution in [0.15, 0.2) is 4.99 Å². The van der Waals surface area contributed by atoms with Crippen molar-refractivity contribution >= 4 is 17.8 Å². The molecule has 1 saturated heterocycles. The molecule has 0 radical (unpaired) electrons. The molecule has 1 saturated carbocycles. The molecule has 2 rings (SSSR count). The van der Waals surface area contributed by atoms with Gasteiger partial charge in [0.15, 0.2) is 0 Å². The van der Waals surface area contributed by atoms with Gasteiger partial charge in [0.05, 0.1) is 6.04 Å². The molecule has 1 heterocycles. The van der Waals surface area contributed by atoms with Gasteiger partial charge in [0.25, 0.3) is 0 Å². The van der Waals surface area contributed by atoms with E-state index in [1.165, 1.54) is 19.3 Å². The summed E-state index contributed by atoms with van der Waals surface area (Å²) >= 11 is 0. The highest BCUT2D eigenvalue weighted by atomic mass is 16.2. The molecule has 5 heteroatoms. The van der Waals surface area contributed by atoms with Crippen LogP contribution in [0.25, 0.3) is 0 Å². The van der Waals surface area contributed by atoms with E-state index in [0.717, 1.165) is 18.8 Å². The average Bonchev–Trinajstić information content (AvgIpc) is 2.58. The molecular formula is C11H17N3O2. The van der Waals surface area contributed by atoms with Gasteiger partial charge in [0, 0.05) is 0 Å². The van der Waals surface area contributed by atoms with Crippen LogP contribution in [0.4, 0.5) is 0 Å². The van der Waals surface area contributed by atoms with Crippen LogP contribution in [0.2, 0.25) is 0 Å².